The molecule has 3 N–H and O–H groups in total. The summed E-state index contributed by atoms with van der Waals surface area (Å²) in [6.07, 6.45) is 1.48. The lowest BCUT2D eigenvalue weighted by atomic mass is 10.2. The zero-order valence-electron chi connectivity index (χ0n) is 11.0. The van der Waals surface area contributed by atoms with Crippen molar-refractivity contribution in [1.82, 2.24) is 4.90 Å². The van der Waals surface area contributed by atoms with E-state index >= 15 is 0 Å². The Kier molecular flexibility index (Phi) is 4.18. The van der Waals surface area contributed by atoms with Gasteiger partial charge >= 0.3 is 0 Å². The lowest BCUT2D eigenvalue weighted by Gasteiger charge is -2.08. The molecule has 0 aliphatic carbocycles. The van der Waals surface area contributed by atoms with E-state index in [-0.39, 0.29) is 16.4 Å². The van der Waals surface area contributed by atoms with Crippen LogP contribution in [0.25, 0.3) is 6.08 Å². The second kappa shape index (κ2) is 5.88. The first-order valence-electron chi connectivity index (χ1n) is 5.83. The van der Waals surface area contributed by atoms with E-state index in [4.69, 9.17) is 10.5 Å². The topological polar surface area (TPSA) is 110 Å². The third kappa shape index (κ3) is 3.16. The molecule has 1 heterocycles. The minimum absolute atomic E-state index is 0.0310. The Balaban J connectivity index is 2.28. The average Bonchev–Trinajstić information content (AvgIpc) is 2.68. The molecule has 0 aromatic heterocycles. The predicted molar refractivity (Wildman–Crippen MR) is 76.5 cm³/mol. The van der Waals surface area contributed by atoms with Crippen LogP contribution < -0.4 is 10.5 Å². The molecule has 2 rings (SSSR count). The van der Waals surface area contributed by atoms with Crippen LogP contribution in [0.5, 0.6) is 11.5 Å². The molecule has 8 heteroatoms. The van der Waals surface area contributed by atoms with Crippen LogP contribution >= 0.6 is 11.8 Å². The van der Waals surface area contributed by atoms with Crippen LogP contribution in [0, 0.1) is 0 Å². The van der Waals surface area contributed by atoms with E-state index in [0.29, 0.717) is 5.56 Å². The highest BCUT2D eigenvalue weighted by atomic mass is 32.2. The van der Waals surface area contributed by atoms with Gasteiger partial charge in [0, 0.05) is 0 Å². The summed E-state index contributed by atoms with van der Waals surface area (Å²) in [6, 6.07) is 4.51. The van der Waals surface area contributed by atoms with Crippen LogP contribution in [0.1, 0.15) is 5.56 Å². The first kappa shape index (κ1) is 14.9. The molecule has 1 saturated heterocycles. The number of carbonyl (C=O) groups is 3. The van der Waals surface area contributed by atoms with Crippen molar-refractivity contribution in [3.05, 3.63) is 28.7 Å². The van der Waals surface area contributed by atoms with E-state index in [1.807, 2.05) is 0 Å². The third-order valence-electron chi connectivity index (χ3n) is 2.69. The van der Waals surface area contributed by atoms with Gasteiger partial charge in [0.05, 0.1) is 12.0 Å². The zero-order valence-corrected chi connectivity index (χ0v) is 11.8. The van der Waals surface area contributed by atoms with Gasteiger partial charge in [-0.05, 0) is 35.5 Å². The number of thioether (sulfide) groups is 1. The summed E-state index contributed by atoms with van der Waals surface area (Å²) in [6.45, 7) is -0.444. The number of phenols is 1. The Morgan fingerprint density at radius 3 is 2.81 bits per heavy atom. The van der Waals surface area contributed by atoms with Gasteiger partial charge in [0.25, 0.3) is 11.1 Å². The van der Waals surface area contributed by atoms with Crippen molar-refractivity contribution in [2.24, 2.45) is 5.73 Å². The molecule has 0 saturated carbocycles. The van der Waals surface area contributed by atoms with Gasteiger partial charge in [-0.25, -0.2) is 0 Å². The highest BCUT2D eigenvalue weighted by molar-refractivity contribution is 8.18. The molecular formula is C13H12N2O5S. The van der Waals surface area contributed by atoms with Crippen molar-refractivity contribution in [2.75, 3.05) is 13.7 Å². The number of benzene rings is 1. The van der Waals surface area contributed by atoms with Crippen molar-refractivity contribution in [2.45, 2.75) is 0 Å². The van der Waals surface area contributed by atoms with Crippen LogP contribution in [-0.2, 0) is 9.59 Å². The van der Waals surface area contributed by atoms with Gasteiger partial charge in [-0.1, -0.05) is 6.07 Å². The average molecular weight is 308 g/mol. The van der Waals surface area contributed by atoms with E-state index in [1.54, 1.807) is 6.07 Å². The van der Waals surface area contributed by atoms with E-state index in [9.17, 15) is 19.5 Å². The Morgan fingerprint density at radius 1 is 1.48 bits per heavy atom. The van der Waals surface area contributed by atoms with Gasteiger partial charge in [-0.2, -0.15) is 0 Å². The molecule has 1 aliphatic heterocycles. The number of ether oxygens (including phenoxy) is 1. The molecule has 0 radical (unpaired) electrons. The second-order valence-electron chi connectivity index (χ2n) is 4.17. The van der Waals surface area contributed by atoms with Crippen molar-refractivity contribution in [3.63, 3.8) is 0 Å². The Bertz CT molecular complexity index is 656. The summed E-state index contributed by atoms with van der Waals surface area (Å²) in [7, 11) is 1.40. The minimum Gasteiger partial charge on any atom is -0.504 e. The number of rotatable bonds is 4. The van der Waals surface area contributed by atoms with E-state index in [1.165, 1.54) is 25.3 Å². The summed E-state index contributed by atoms with van der Waals surface area (Å²) in [4.78, 5) is 35.5. The second-order valence-corrected chi connectivity index (χ2v) is 5.16. The summed E-state index contributed by atoms with van der Waals surface area (Å²) < 4.78 is 4.96. The molecule has 1 aromatic rings. The highest BCUT2D eigenvalue weighted by Gasteiger charge is 2.35. The maximum absolute atomic E-state index is 12.0. The van der Waals surface area contributed by atoms with Crippen molar-refractivity contribution in [1.29, 1.82) is 0 Å². The number of primary amides is 1. The molecule has 110 valence electrons. The summed E-state index contributed by atoms with van der Waals surface area (Å²) in [5.74, 6) is -1.11. The molecule has 0 bridgehead atoms. The molecule has 1 fully saturated rings. The number of imide groups is 1. The molecule has 0 spiro atoms. The van der Waals surface area contributed by atoms with E-state index < -0.39 is 23.6 Å². The standard InChI is InChI=1S/C13H12N2O5S/c1-20-9-4-7(2-3-8(9)16)5-10-12(18)15(6-11(14)17)13(19)21-10/h2-5,16H,6H2,1H3,(H2,14,17)/b10-5-. The quantitative estimate of drug-likeness (QED) is 0.800. The number of hydrogen-bond donors (Lipinski definition) is 2. The lowest BCUT2D eigenvalue weighted by Crippen LogP contribution is -2.36. The number of amides is 3. The first-order valence-corrected chi connectivity index (χ1v) is 6.64. The number of nitrogens with two attached hydrogens (primary N) is 1. The minimum atomic E-state index is -0.759. The number of nitrogens with zero attached hydrogens (tertiary/aromatic N) is 1. The fraction of sp³-hybridized carbons (Fsp3) is 0.154. The normalized spacial score (nSPS) is 16.6. The van der Waals surface area contributed by atoms with Crippen molar-refractivity contribution in [3.8, 4) is 11.5 Å². The van der Waals surface area contributed by atoms with Crippen LogP contribution in [0.2, 0.25) is 0 Å². The monoisotopic (exact) mass is 308 g/mol. The number of phenolic OH excluding ortho intramolecular Hbond substituents is 1. The van der Waals surface area contributed by atoms with Gasteiger partial charge in [0.15, 0.2) is 11.5 Å². The molecule has 0 atom stereocenters. The van der Waals surface area contributed by atoms with Gasteiger partial charge in [0.2, 0.25) is 5.91 Å². The zero-order chi connectivity index (χ0) is 15.6. The van der Waals surface area contributed by atoms with Crippen LogP contribution in [0.3, 0.4) is 0 Å². The van der Waals surface area contributed by atoms with Gasteiger partial charge < -0.3 is 15.6 Å². The first-order chi connectivity index (χ1) is 9.92. The Hall–Kier alpha value is -2.48. The number of methoxy groups -OCH3 is 1. The third-order valence-corrected chi connectivity index (χ3v) is 3.60. The van der Waals surface area contributed by atoms with Crippen molar-refractivity contribution >= 4 is 34.9 Å². The number of hydrogen-bond acceptors (Lipinski definition) is 6. The predicted octanol–water partition coefficient (Wildman–Crippen LogP) is 0.922. The van der Waals surface area contributed by atoms with Crippen molar-refractivity contribution < 1.29 is 24.2 Å². The maximum Gasteiger partial charge on any atom is 0.294 e. The van der Waals surface area contributed by atoms with E-state index in [2.05, 4.69) is 0 Å². The van der Waals surface area contributed by atoms with E-state index in [0.717, 1.165) is 16.7 Å². The molecule has 1 aromatic carbocycles. The van der Waals surface area contributed by atoms with Gasteiger partial charge in [-0.3, -0.25) is 19.3 Å². The smallest absolute Gasteiger partial charge is 0.294 e. The maximum atomic E-state index is 12.0. The SMILES string of the molecule is COc1cc(/C=C2\SC(=O)N(CC(N)=O)C2=O)ccc1O. The fourth-order valence-electron chi connectivity index (χ4n) is 1.73. The fourth-order valence-corrected chi connectivity index (χ4v) is 2.57. The summed E-state index contributed by atoms with van der Waals surface area (Å²) in [5, 5.41) is 8.95. The Labute approximate surface area is 124 Å². The Morgan fingerprint density at radius 2 is 2.19 bits per heavy atom. The van der Waals surface area contributed by atoms with Crippen LogP contribution in [-0.4, -0.2) is 40.7 Å². The van der Waals surface area contributed by atoms with Gasteiger partial charge in [0.1, 0.15) is 6.54 Å². The van der Waals surface area contributed by atoms with Crippen LogP contribution in [0.4, 0.5) is 4.79 Å². The summed E-state index contributed by atoms with van der Waals surface area (Å²) >= 11 is 0.724. The van der Waals surface area contributed by atoms with Crippen LogP contribution in [0.15, 0.2) is 23.1 Å². The lowest BCUT2D eigenvalue weighted by molar-refractivity contribution is -0.127. The molecule has 1 aliphatic rings. The molecule has 3 amide bonds. The summed E-state index contributed by atoms with van der Waals surface area (Å²) in [5.41, 5.74) is 5.57. The number of carbonyl (C=O) groups excluding carboxylic acids is 3. The molecule has 7 nitrogen and oxygen atoms in total. The number of aromatic hydroxyl groups is 1. The molecule has 0 unspecified atom stereocenters. The molecule has 21 heavy (non-hydrogen) atoms. The van der Waals surface area contributed by atoms with Gasteiger partial charge in [-0.15, -0.1) is 0 Å². The highest BCUT2D eigenvalue weighted by Crippen LogP contribution is 2.33. The molecular weight excluding hydrogens is 296 g/mol. The largest absolute Gasteiger partial charge is 0.504 e.